The number of hydrogen-bond acceptors (Lipinski definition) is 2. The molecular weight excluding hydrogens is 779 g/mol. The summed E-state index contributed by atoms with van der Waals surface area (Å²) in [6, 6.07) is 82.9. The molecule has 11 aromatic rings. The average molecular weight is 822 g/mol. The first-order chi connectivity index (χ1) is 31.0. The van der Waals surface area contributed by atoms with E-state index in [0.717, 1.165) is 17.1 Å². The van der Waals surface area contributed by atoms with E-state index in [1.54, 1.807) is 0 Å². The van der Waals surface area contributed by atoms with Crippen molar-refractivity contribution < 1.29 is 0 Å². The van der Waals surface area contributed by atoms with E-state index in [4.69, 9.17) is 0 Å². The molecule has 2 heteroatoms. The van der Waals surface area contributed by atoms with Gasteiger partial charge in [-0.15, -0.1) is 11.3 Å². The number of rotatable bonds is 7. The van der Waals surface area contributed by atoms with Gasteiger partial charge in [-0.05, 0) is 127 Å². The van der Waals surface area contributed by atoms with Crippen molar-refractivity contribution in [3.8, 4) is 55.6 Å². The molecule has 0 unspecified atom stereocenters. The van der Waals surface area contributed by atoms with Gasteiger partial charge in [-0.25, -0.2) is 0 Å². The van der Waals surface area contributed by atoms with E-state index in [1.807, 2.05) is 11.3 Å². The van der Waals surface area contributed by atoms with Crippen LogP contribution in [0, 0.1) is 0 Å². The normalized spacial score (nSPS) is 12.7. The number of hydrogen-bond donors (Lipinski definition) is 0. The third-order valence-corrected chi connectivity index (χ3v) is 14.4. The van der Waals surface area contributed by atoms with E-state index in [0.29, 0.717) is 0 Å². The van der Waals surface area contributed by atoms with E-state index >= 15 is 0 Å². The lowest BCUT2D eigenvalue weighted by atomic mass is 9.81. The maximum Gasteiger partial charge on any atom is 0.0540 e. The number of fused-ring (bicyclic) bond motifs is 7. The van der Waals surface area contributed by atoms with Gasteiger partial charge >= 0.3 is 0 Å². The molecule has 0 amide bonds. The summed E-state index contributed by atoms with van der Waals surface area (Å²) in [7, 11) is 0. The van der Waals surface area contributed by atoms with Gasteiger partial charge in [0.05, 0.1) is 5.69 Å². The minimum atomic E-state index is -0.0541. The molecule has 0 N–H and O–H groups in total. The van der Waals surface area contributed by atoms with E-state index in [2.05, 4.69) is 243 Å². The molecule has 1 heterocycles. The average Bonchev–Trinajstić information content (AvgIpc) is 3.84. The van der Waals surface area contributed by atoms with Gasteiger partial charge in [-0.3, -0.25) is 0 Å². The summed E-state index contributed by atoms with van der Waals surface area (Å²) >= 11 is 1.87. The lowest BCUT2D eigenvalue weighted by Gasteiger charge is -2.28. The molecule has 1 aliphatic rings. The third-order valence-electron chi connectivity index (χ3n) is 13.3. The molecule has 0 atom stereocenters. The molecule has 1 nitrogen and oxygen atoms in total. The van der Waals surface area contributed by atoms with Crippen LogP contribution in [0.15, 0.2) is 224 Å². The summed E-state index contributed by atoms with van der Waals surface area (Å²) in [6.45, 7) is 4.71. The summed E-state index contributed by atoms with van der Waals surface area (Å²) in [5.74, 6) is 0. The summed E-state index contributed by atoms with van der Waals surface area (Å²) in [5, 5.41) is 5.15. The molecule has 298 valence electrons. The molecule has 1 aromatic heterocycles. The van der Waals surface area contributed by atoms with Crippen molar-refractivity contribution in [1.29, 1.82) is 0 Å². The number of anilines is 3. The van der Waals surface area contributed by atoms with Crippen LogP contribution in [0.1, 0.15) is 25.0 Å². The summed E-state index contributed by atoms with van der Waals surface area (Å²) < 4.78 is 2.64. The Morgan fingerprint density at radius 3 is 1.73 bits per heavy atom. The van der Waals surface area contributed by atoms with Crippen LogP contribution < -0.4 is 4.90 Å². The molecule has 0 radical (unpaired) electrons. The van der Waals surface area contributed by atoms with E-state index in [1.165, 1.54) is 97.7 Å². The van der Waals surface area contributed by atoms with E-state index < -0.39 is 0 Å². The molecule has 0 aliphatic heterocycles. The fourth-order valence-corrected chi connectivity index (χ4v) is 11.3. The highest BCUT2D eigenvalue weighted by molar-refractivity contribution is 7.25. The first-order valence-electron chi connectivity index (χ1n) is 21.8. The molecule has 0 bridgehead atoms. The largest absolute Gasteiger partial charge is 0.310 e. The zero-order valence-corrected chi connectivity index (χ0v) is 36.0. The maximum absolute atomic E-state index is 2.43. The van der Waals surface area contributed by atoms with Crippen LogP contribution in [-0.4, -0.2) is 0 Å². The standard InChI is InChI=1S/C61H43NS/c1-61(2)55-24-8-5-20-52(55)53-37-32-43(39-56(53)61)40-28-33-46(34-29-40)62(47-35-30-42(31-36-47)51-23-13-27-59-60(51)54-21-7-10-26-58(54)63-59)57-25-9-6-19-50(57)45-17-11-16-44(38-45)49-22-12-15-41-14-3-4-18-48(41)49/h3-39H,1-2H3. The molecule has 0 saturated carbocycles. The van der Waals surface area contributed by atoms with Crippen molar-refractivity contribution in [3.05, 3.63) is 236 Å². The zero-order valence-electron chi connectivity index (χ0n) is 35.2. The fraction of sp³-hybridized carbons (Fsp3) is 0.0492. The first-order valence-corrected chi connectivity index (χ1v) is 22.6. The number of thiophene rings is 1. The van der Waals surface area contributed by atoms with Gasteiger partial charge in [0, 0.05) is 42.5 Å². The van der Waals surface area contributed by atoms with Crippen molar-refractivity contribution in [2.24, 2.45) is 0 Å². The Hall–Kier alpha value is -7.52. The molecule has 63 heavy (non-hydrogen) atoms. The summed E-state index contributed by atoms with van der Waals surface area (Å²) in [5.41, 5.74) is 18.4. The SMILES string of the molecule is CC1(C)c2ccccc2-c2ccc(-c3ccc(N(c4ccc(-c5cccc6sc7ccccc7c56)cc4)c4ccccc4-c4cccc(-c5cccc6ccccc56)c4)cc3)cc21. The smallest absolute Gasteiger partial charge is 0.0540 e. The lowest BCUT2D eigenvalue weighted by Crippen LogP contribution is -2.14. The maximum atomic E-state index is 2.43. The molecular formula is C61H43NS. The fourth-order valence-electron chi connectivity index (χ4n) is 10.2. The van der Waals surface area contributed by atoms with Crippen molar-refractivity contribution in [1.82, 2.24) is 0 Å². The van der Waals surface area contributed by atoms with Gasteiger partial charge in [-0.2, -0.15) is 0 Å². The highest BCUT2D eigenvalue weighted by Crippen LogP contribution is 2.50. The van der Waals surface area contributed by atoms with Crippen LogP contribution in [0.4, 0.5) is 17.1 Å². The van der Waals surface area contributed by atoms with Crippen LogP contribution in [0.5, 0.6) is 0 Å². The van der Waals surface area contributed by atoms with Crippen LogP contribution in [0.2, 0.25) is 0 Å². The van der Waals surface area contributed by atoms with Crippen molar-refractivity contribution in [2.75, 3.05) is 4.90 Å². The van der Waals surface area contributed by atoms with Crippen molar-refractivity contribution in [3.63, 3.8) is 0 Å². The highest BCUT2D eigenvalue weighted by atomic mass is 32.1. The quantitative estimate of drug-likeness (QED) is 0.155. The van der Waals surface area contributed by atoms with Gasteiger partial charge in [0.1, 0.15) is 0 Å². The Morgan fingerprint density at radius 2 is 0.905 bits per heavy atom. The van der Waals surface area contributed by atoms with Crippen LogP contribution >= 0.6 is 11.3 Å². The first kappa shape index (κ1) is 37.3. The molecule has 12 rings (SSSR count). The zero-order chi connectivity index (χ0) is 42.1. The van der Waals surface area contributed by atoms with Crippen LogP contribution in [0.3, 0.4) is 0 Å². The van der Waals surface area contributed by atoms with Crippen LogP contribution in [0.25, 0.3) is 86.6 Å². The van der Waals surface area contributed by atoms with Gasteiger partial charge in [0.2, 0.25) is 0 Å². The Balaban J connectivity index is 0.977. The van der Waals surface area contributed by atoms with Crippen molar-refractivity contribution >= 4 is 59.3 Å². The summed E-state index contributed by atoms with van der Waals surface area (Å²) in [4.78, 5) is 2.43. The second-order valence-corrected chi connectivity index (χ2v) is 18.3. The minimum absolute atomic E-state index is 0.0541. The van der Waals surface area contributed by atoms with Crippen LogP contribution in [-0.2, 0) is 5.41 Å². The Kier molecular flexibility index (Phi) is 8.77. The monoisotopic (exact) mass is 821 g/mol. The molecule has 0 spiro atoms. The Labute approximate surface area is 372 Å². The van der Waals surface area contributed by atoms with Gasteiger partial charge < -0.3 is 4.90 Å². The lowest BCUT2D eigenvalue weighted by molar-refractivity contribution is 0.660. The second kappa shape index (κ2) is 14.8. The van der Waals surface area contributed by atoms with E-state index in [-0.39, 0.29) is 5.41 Å². The number of nitrogens with zero attached hydrogens (tertiary/aromatic N) is 1. The number of para-hydroxylation sites is 1. The van der Waals surface area contributed by atoms with Gasteiger partial charge in [-0.1, -0.05) is 184 Å². The van der Waals surface area contributed by atoms with Crippen molar-refractivity contribution in [2.45, 2.75) is 19.3 Å². The molecule has 0 saturated heterocycles. The third kappa shape index (κ3) is 6.21. The Morgan fingerprint density at radius 1 is 0.349 bits per heavy atom. The number of benzene rings is 10. The predicted molar refractivity (Wildman–Crippen MR) is 271 cm³/mol. The van der Waals surface area contributed by atoms with Gasteiger partial charge in [0.25, 0.3) is 0 Å². The minimum Gasteiger partial charge on any atom is -0.310 e. The topological polar surface area (TPSA) is 3.24 Å². The van der Waals surface area contributed by atoms with Gasteiger partial charge in [0.15, 0.2) is 0 Å². The summed E-state index contributed by atoms with van der Waals surface area (Å²) in [6.07, 6.45) is 0. The Bertz CT molecular complexity index is 3530. The predicted octanol–water partition coefficient (Wildman–Crippen LogP) is 17.7. The highest BCUT2D eigenvalue weighted by Gasteiger charge is 2.35. The van der Waals surface area contributed by atoms with E-state index in [9.17, 15) is 0 Å². The second-order valence-electron chi connectivity index (χ2n) is 17.3. The molecule has 0 fully saturated rings. The molecule has 10 aromatic carbocycles. The molecule has 1 aliphatic carbocycles.